The molecule has 0 amide bonds. The number of hydrogen-bond acceptors (Lipinski definition) is 5. The minimum Gasteiger partial charge on any atom is -0.312 e. The van der Waals surface area contributed by atoms with E-state index in [0.717, 1.165) is 6.42 Å². The molecule has 1 aliphatic heterocycles. The van der Waals surface area contributed by atoms with E-state index in [2.05, 4.69) is 0 Å². The van der Waals surface area contributed by atoms with E-state index >= 15 is 0 Å². The maximum atomic E-state index is 11.3. The summed E-state index contributed by atoms with van der Waals surface area (Å²) < 4.78 is 32.4. The summed E-state index contributed by atoms with van der Waals surface area (Å²) in [5.74, 6) is 0.718. The van der Waals surface area contributed by atoms with Gasteiger partial charge in [0.1, 0.15) is 6.10 Å². The van der Waals surface area contributed by atoms with Crippen molar-refractivity contribution in [1.82, 2.24) is 0 Å². The van der Waals surface area contributed by atoms with E-state index in [9.17, 15) is 8.42 Å². The standard InChI is InChI=1S/C7H14O4S2/c1-2-3-4-13(8,9)11-7-5-10-12-6-7/h7H,2-6H2,1H3. The van der Waals surface area contributed by atoms with Gasteiger partial charge < -0.3 is 4.18 Å². The first-order valence-electron chi connectivity index (χ1n) is 4.29. The molecule has 1 saturated heterocycles. The van der Waals surface area contributed by atoms with Crippen molar-refractivity contribution in [2.45, 2.75) is 25.9 Å². The maximum absolute atomic E-state index is 11.3. The number of rotatable bonds is 5. The van der Waals surface area contributed by atoms with Gasteiger partial charge in [-0.3, -0.25) is 4.18 Å². The average molecular weight is 226 g/mol. The minimum absolute atomic E-state index is 0.116. The lowest BCUT2D eigenvalue weighted by atomic mass is 10.4. The zero-order chi connectivity index (χ0) is 9.73. The van der Waals surface area contributed by atoms with Crippen LogP contribution in [0.1, 0.15) is 19.8 Å². The Bertz CT molecular complexity index is 231. The summed E-state index contributed by atoms with van der Waals surface area (Å²) in [6.45, 7) is 2.32. The van der Waals surface area contributed by atoms with Crippen molar-refractivity contribution < 1.29 is 16.8 Å². The molecule has 0 aromatic carbocycles. The van der Waals surface area contributed by atoms with Crippen LogP contribution in [-0.2, 0) is 18.5 Å². The van der Waals surface area contributed by atoms with Gasteiger partial charge in [0.05, 0.1) is 12.4 Å². The molecule has 0 N–H and O–H groups in total. The molecule has 0 aliphatic carbocycles. The van der Waals surface area contributed by atoms with Crippen LogP contribution in [0.25, 0.3) is 0 Å². The highest BCUT2D eigenvalue weighted by molar-refractivity contribution is 7.95. The fourth-order valence-corrected chi connectivity index (χ4v) is 2.95. The first-order chi connectivity index (χ1) is 6.14. The fraction of sp³-hybridized carbons (Fsp3) is 1.00. The fourth-order valence-electron chi connectivity index (χ4n) is 0.928. The van der Waals surface area contributed by atoms with E-state index < -0.39 is 10.1 Å². The monoisotopic (exact) mass is 226 g/mol. The molecule has 0 spiro atoms. The van der Waals surface area contributed by atoms with Crippen LogP contribution in [0.15, 0.2) is 0 Å². The van der Waals surface area contributed by atoms with Gasteiger partial charge in [-0.1, -0.05) is 13.3 Å². The van der Waals surface area contributed by atoms with Crippen molar-refractivity contribution >= 4 is 22.2 Å². The topological polar surface area (TPSA) is 52.6 Å². The summed E-state index contributed by atoms with van der Waals surface area (Å²) >= 11 is 1.26. The molecule has 1 heterocycles. The quantitative estimate of drug-likeness (QED) is 0.520. The van der Waals surface area contributed by atoms with Crippen molar-refractivity contribution in [2.75, 3.05) is 18.1 Å². The predicted molar refractivity (Wildman–Crippen MR) is 52.0 cm³/mol. The van der Waals surface area contributed by atoms with Crippen LogP contribution in [0, 0.1) is 0 Å². The summed E-state index contributed by atoms with van der Waals surface area (Å²) in [5, 5.41) is 0. The van der Waals surface area contributed by atoms with Gasteiger partial charge in [0.25, 0.3) is 10.1 Å². The molecule has 6 heteroatoms. The molecule has 1 aliphatic rings. The van der Waals surface area contributed by atoms with Crippen molar-refractivity contribution in [3.8, 4) is 0 Å². The zero-order valence-electron chi connectivity index (χ0n) is 7.56. The summed E-state index contributed by atoms with van der Waals surface area (Å²) in [6, 6.07) is 0. The molecule has 1 unspecified atom stereocenters. The van der Waals surface area contributed by atoms with Gasteiger partial charge in [0, 0.05) is 5.75 Å². The highest BCUT2D eigenvalue weighted by atomic mass is 32.2. The second-order valence-electron chi connectivity index (χ2n) is 2.90. The Labute approximate surface area is 83.3 Å². The van der Waals surface area contributed by atoms with Crippen LogP contribution in [-0.4, -0.2) is 32.6 Å². The van der Waals surface area contributed by atoms with E-state index in [0.29, 0.717) is 18.8 Å². The first kappa shape index (κ1) is 11.3. The molecule has 1 fully saturated rings. The van der Waals surface area contributed by atoms with Crippen molar-refractivity contribution in [2.24, 2.45) is 0 Å². The predicted octanol–water partition coefficient (Wildman–Crippen LogP) is 1.18. The van der Waals surface area contributed by atoms with E-state index in [4.69, 9.17) is 8.37 Å². The van der Waals surface area contributed by atoms with E-state index in [1.54, 1.807) is 0 Å². The van der Waals surface area contributed by atoms with Gasteiger partial charge in [-0.2, -0.15) is 8.42 Å². The van der Waals surface area contributed by atoms with Gasteiger partial charge >= 0.3 is 0 Å². The van der Waals surface area contributed by atoms with Crippen molar-refractivity contribution in [1.29, 1.82) is 0 Å². The third-order valence-electron chi connectivity index (χ3n) is 1.62. The second kappa shape index (κ2) is 5.19. The highest BCUT2D eigenvalue weighted by Gasteiger charge is 2.23. The molecule has 78 valence electrons. The van der Waals surface area contributed by atoms with E-state index in [1.807, 2.05) is 6.92 Å². The molecule has 0 saturated carbocycles. The Balaban J connectivity index is 2.32. The maximum Gasteiger partial charge on any atom is 0.267 e. The summed E-state index contributed by atoms with van der Waals surface area (Å²) in [6.07, 6.45) is 1.23. The van der Waals surface area contributed by atoms with Crippen LogP contribution in [0.3, 0.4) is 0 Å². The van der Waals surface area contributed by atoms with E-state index in [-0.39, 0.29) is 11.9 Å². The largest absolute Gasteiger partial charge is 0.312 e. The van der Waals surface area contributed by atoms with Crippen LogP contribution in [0.2, 0.25) is 0 Å². The molecule has 1 atom stereocenters. The Hall–Kier alpha value is 0.220. The zero-order valence-corrected chi connectivity index (χ0v) is 9.20. The third kappa shape index (κ3) is 4.30. The SMILES string of the molecule is CCCCS(=O)(=O)OC1COSC1. The number of hydrogen-bond donors (Lipinski definition) is 0. The van der Waals surface area contributed by atoms with Gasteiger partial charge in [-0.05, 0) is 18.5 Å². The normalized spacial score (nSPS) is 23.6. The van der Waals surface area contributed by atoms with Crippen LogP contribution in [0.5, 0.6) is 0 Å². The third-order valence-corrected chi connectivity index (χ3v) is 3.79. The Morgan fingerprint density at radius 3 is 2.92 bits per heavy atom. The van der Waals surface area contributed by atoms with Gasteiger partial charge in [-0.15, -0.1) is 0 Å². The highest BCUT2D eigenvalue weighted by Crippen LogP contribution is 2.19. The van der Waals surface area contributed by atoms with Gasteiger partial charge in [0.15, 0.2) is 0 Å². The summed E-state index contributed by atoms with van der Waals surface area (Å²) in [5.41, 5.74) is 0. The second-order valence-corrected chi connectivity index (χ2v) is 5.42. The molecular weight excluding hydrogens is 212 g/mol. The molecular formula is C7H14O4S2. The minimum atomic E-state index is -3.32. The molecule has 0 radical (unpaired) electrons. The first-order valence-corrected chi connectivity index (χ1v) is 6.78. The molecule has 0 bridgehead atoms. The lowest BCUT2D eigenvalue weighted by Gasteiger charge is -2.08. The molecule has 13 heavy (non-hydrogen) atoms. The van der Waals surface area contributed by atoms with Gasteiger partial charge in [0.2, 0.25) is 0 Å². The summed E-state index contributed by atoms with van der Waals surface area (Å²) in [4.78, 5) is 0. The Morgan fingerprint density at radius 1 is 1.62 bits per heavy atom. The molecule has 0 aromatic rings. The van der Waals surface area contributed by atoms with E-state index in [1.165, 1.54) is 12.0 Å². The average Bonchev–Trinajstić information content (AvgIpc) is 2.52. The molecule has 1 rings (SSSR count). The molecule has 4 nitrogen and oxygen atoms in total. The van der Waals surface area contributed by atoms with Crippen LogP contribution in [0.4, 0.5) is 0 Å². The lowest BCUT2D eigenvalue weighted by Crippen LogP contribution is -2.22. The van der Waals surface area contributed by atoms with Crippen LogP contribution < -0.4 is 0 Å². The number of unbranched alkanes of at least 4 members (excludes halogenated alkanes) is 1. The Morgan fingerprint density at radius 2 is 2.38 bits per heavy atom. The lowest BCUT2D eigenvalue weighted by molar-refractivity contribution is 0.189. The van der Waals surface area contributed by atoms with Gasteiger partial charge in [-0.25, -0.2) is 0 Å². The van der Waals surface area contributed by atoms with Crippen LogP contribution >= 0.6 is 12.0 Å². The van der Waals surface area contributed by atoms with Crippen molar-refractivity contribution in [3.05, 3.63) is 0 Å². The van der Waals surface area contributed by atoms with Crippen molar-refractivity contribution in [3.63, 3.8) is 0 Å². The Kier molecular flexibility index (Phi) is 4.51. The molecule has 0 aromatic heterocycles. The smallest absolute Gasteiger partial charge is 0.267 e. The summed E-state index contributed by atoms with van der Waals surface area (Å²) in [7, 11) is -3.32.